The molecule has 0 bridgehead atoms. The van der Waals surface area contributed by atoms with E-state index in [-0.39, 0.29) is 0 Å². The fourth-order valence-corrected chi connectivity index (χ4v) is 2.43. The van der Waals surface area contributed by atoms with Gasteiger partial charge < -0.3 is 5.32 Å². The maximum atomic E-state index is 3.74. The van der Waals surface area contributed by atoms with Crippen molar-refractivity contribution in [3.05, 3.63) is 0 Å². The molecule has 1 fully saturated rings. The highest BCUT2D eigenvalue weighted by Crippen LogP contribution is 2.28. The highest BCUT2D eigenvalue weighted by atomic mass is 14.9. The van der Waals surface area contributed by atoms with Crippen LogP contribution in [0.1, 0.15) is 59.8 Å². The molecule has 0 spiro atoms. The largest absolute Gasteiger partial charge is 0.314 e. The molecule has 1 aliphatic carbocycles. The van der Waals surface area contributed by atoms with Gasteiger partial charge in [-0.25, -0.2) is 0 Å². The lowest BCUT2D eigenvalue weighted by molar-refractivity contribution is 0.328. The van der Waals surface area contributed by atoms with Crippen molar-refractivity contribution in [2.75, 3.05) is 6.54 Å². The van der Waals surface area contributed by atoms with E-state index in [1.807, 2.05) is 0 Å². The molecule has 2 unspecified atom stereocenters. The number of hydrogen-bond acceptors (Lipinski definition) is 1. The summed E-state index contributed by atoms with van der Waals surface area (Å²) in [7, 11) is 0. The molecule has 1 aliphatic rings. The summed E-state index contributed by atoms with van der Waals surface area (Å²) in [5.41, 5.74) is 0.479. The summed E-state index contributed by atoms with van der Waals surface area (Å²) in [6, 6.07) is 0.822. The molecule has 0 aromatic carbocycles. The van der Waals surface area contributed by atoms with Crippen LogP contribution in [-0.2, 0) is 0 Å². The van der Waals surface area contributed by atoms with E-state index in [1.165, 1.54) is 38.6 Å². The van der Waals surface area contributed by atoms with Crippen LogP contribution in [0.15, 0.2) is 0 Å². The minimum atomic E-state index is 0.479. The van der Waals surface area contributed by atoms with Gasteiger partial charge in [-0.3, -0.25) is 0 Å². The first-order chi connectivity index (χ1) is 6.53. The molecule has 14 heavy (non-hydrogen) atoms. The van der Waals surface area contributed by atoms with Crippen molar-refractivity contribution in [1.82, 2.24) is 5.32 Å². The predicted octanol–water partition coefficient (Wildman–Crippen LogP) is 3.59. The molecular weight excluding hydrogens is 170 g/mol. The zero-order valence-corrected chi connectivity index (χ0v) is 10.4. The van der Waals surface area contributed by atoms with Gasteiger partial charge in [-0.2, -0.15) is 0 Å². The number of rotatable bonds is 4. The Morgan fingerprint density at radius 3 is 2.50 bits per heavy atom. The molecule has 0 aliphatic heterocycles. The molecule has 0 radical (unpaired) electrons. The second-order valence-corrected chi connectivity index (χ2v) is 5.97. The summed E-state index contributed by atoms with van der Waals surface area (Å²) in [4.78, 5) is 0. The fourth-order valence-electron chi connectivity index (χ4n) is 2.43. The Balaban J connectivity index is 2.18. The average Bonchev–Trinajstić information content (AvgIpc) is 2.49. The van der Waals surface area contributed by atoms with Gasteiger partial charge in [0.05, 0.1) is 0 Å². The van der Waals surface area contributed by atoms with Crippen LogP contribution in [0, 0.1) is 11.3 Å². The van der Waals surface area contributed by atoms with E-state index in [0.717, 1.165) is 12.0 Å². The minimum Gasteiger partial charge on any atom is -0.314 e. The van der Waals surface area contributed by atoms with Crippen LogP contribution in [0.5, 0.6) is 0 Å². The molecular formula is C13H27N. The molecule has 0 aromatic heterocycles. The van der Waals surface area contributed by atoms with Gasteiger partial charge in [0.15, 0.2) is 0 Å². The van der Waals surface area contributed by atoms with Gasteiger partial charge >= 0.3 is 0 Å². The van der Waals surface area contributed by atoms with E-state index in [2.05, 4.69) is 33.0 Å². The minimum absolute atomic E-state index is 0.479. The van der Waals surface area contributed by atoms with E-state index < -0.39 is 0 Å². The molecule has 1 rings (SSSR count). The quantitative estimate of drug-likeness (QED) is 0.726. The van der Waals surface area contributed by atoms with Crippen molar-refractivity contribution >= 4 is 0 Å². The van der Waals surface area contributed by atoms with Crippen molar-refractivity contribution in [3.8, 4) is 0 Å². The summed E-state index contributed by atoms with van der Waals surface area (Å²) >= 11 is 0. The summed E-state index contributed by atoms with van der Waals surface area (Å²) in [5, 5.41) is 3.74. The first-order valence-corrected chi connectivity index (χ1v) is 6.26. The zero-order valence-electron chi connectivity index (χ0n) is 10.4. The molecule has 1 saturated carbocycles. The second-order valence-electron chi connectivity index (χ2n) is 5.97. The van der Waals surface area contributed by atoms with Crippen LogP contribution in [0.4, 0.5) is 0 Å². The Labute approximate surface area is 89.7 Å². The van der Waals surface area contributed by atoms with Crippen molar-refractivity contribution in [1.29, 1.82) is 0 Å². The summed E-state index contributed by atoms with van der Waals surface area (Å²) in [6.07, 6.45) is 6.94. The van der Waals surface area contributed by atoms with Crippen molar-refractivity contribution < 1.29 is 0 Å². The van der Waals surface area contributed by atoms with Crippen LogP contribution in [0.2, 0.25) is 0 Å². The lowest BCUT2D eigenvalue weighted by Crippen LogP contribution is -2.34. The molecule has 1 heteroatoms. The molecule has 0 aromatic rings. The molecule has 0 heterocycles. The molecule has 0 saturated heterocycles. The van der Waals surface area contributed by atoms with Crippen LogP contribution < -0.4 is 5.32 Å². The topological polar surface area (TPSA) is 12.0 Å². The van der Waals surface area contributed by atoms with E-state index in [0.29, 0.717) is 5.41 Å². The first-order valence-electron chi connectivity index (χ1n) is 6.26. The van der Waals surface area contributed by atoms with Crippen molar-refractivity contribution in [3.63, 3.8) is 0 Å². The van der Waals surface area contributed by atoms with Gasteiger partial charge in [0, 0.05) is 6.04 Å². The van der Waals surface area contributed by atoms with Gasteiger partial charge in [-0.15, -0.1) is 0 Å². The second kappa shape index (κ2) is 5.16. The van der Waals surface area contributed by atoms with E-state index in [9.17, 15) is 0 Å². The van der Waals surface area contributed by atoms with Crippen LogP contribution >= 0.6 is 0 Å². The molecule has 1 N–H and O–H groups in total. The third kappa shape index (κ3) is 4.00. The first kappa shape index (κ1) is 12.0. The van der Waals surface area contributed by atoms with E-state index in [1.54, 1.807) is 0 Å². The summed E-state index contributed by atoms with van der Waals surface area (Å²) in [6.45, 7) is 10.5. The SMILES string of the molecule is CCC1CCCC1NCCC(C)(C)C. The lowest BCUT2D eigenvalue weighted by atomic mass is 9.92. The normalized spacial score (nSPS) is 28.3. The van der Waals surface area contributed by atoms with Crippen molar-refractivity contribution in [2.45, 2.75) is 65.8 Å². The van der Waals surface area contributed by atoms with Gasteiger partial charge in [-0.05, 0) is 37.1 Å². The molecule has 84 valence electrons. The smallest absolute Gasteiger partial charge is 0.00952 e. The van der Waals surface area contributed by atoms with Crippen molar-refractivity contribution in [2.24, 2.45) is 11.3 Å². The van der Waals surface area contributed by atoms with E-state index >= 15 is 0 Å². The Hall–Kier alpha value is -0.0400. The third-order valence-corrected chi connectivity index (χ3v) is 3.46. The average molecular weight is 197 g/mol. The predicted molar refractivity (Wildman–Crippen MR) is 63.5 cm³/mol. The molecule has 0 amide bonds. The Morgan fingerprint density at radius 1 is 1.21 bits per heavy atom. The number of nitrogens with one attached hydrogen (secondary N) is 1. The molecule has 2 atom stereocenters. The Morgan fingerprint density at radius 2 is 1.93 bits per heavy atom. The summed E-state index contributed by atoms with van der Waals surface area (Å²) < 4.78 is 0. The van der Waals surface area contributed by atoms with E-state index in [4.69, 9.17) is 0 Å². The zero-order chi connectivity index (χ0) is 10.6. The monoisotopic (exact) mass is 197 g/mol. The highest BCUT2D eigenvalue weighted by Gasteiger charge is 2.25. The lowest BCUT2D eigenvalue weighted by Gasteiger charge is -2.23. The molecule has 1 nitrogen and oxygen atoms in total. The maximum absolute atomic E-state index is 3.74. The maximum Gasteiger partial charge on any atom is 0.00952 e. The fraction of sp³-hybridized carbons (Fsp3) is 1.00. The van der Waals surface area contributed by atoms with Crippen LogP contribution in [0.3, 0.4) is 0 Å². The number of hydrogen-bond donors (Lipinski definition) is 1. The standard InChI is InChI=1S/C13H27N/c1-5-11-7-6-8-12(11)14-10-9-13(2,3)4/h11-12,14H,5-10H2,1-4H3. The Kier molecular flexibility index (Phi) is 4.43. The van der Waals surface area contributed by atoms with Gasteiger partial charge in [0.2, 0.25) is 0 Å². The van der Waals surface area contributed by atoms with Crippen LogP contribution in [0.25, 0.3) is 0 Å². The van der Waals surface area contributed by atoms with Gasteiger partial charge in [-0.1, -0.05) is 40.5 Å². The Bertz CT molecular complexity index is 157. The highest BCUT2D eigenvalue weighted by molar-refractivity contribution is 4.82. The summed E-state index contributed by atoms with van der Waals surface area (Å²) in [5.74, 6) is 0.954. The van der Waals surface area contributed by atoms with Gasteiger partial charge in [0.25, 0.3) is 0 Å². The van der Waals surface area contributed by atoms with Gasteiger partial charge in [0.1, 0.15) is 0 Å². The third-order valence-electron chi connectivity index (χ3n) is 3.46. The van der Waals surface area contributed by atoms with Crippen LogP contribution in [-0.4, -0.2) is 12.6 Å².